The van der Waals surface area contributed by atoms with E-state index in [0.717, 1.165) is 34.5 Å². The van der Waals surface area contributed by atoms with Gasteiger partial charge in [-0.2, -0.15) is 0 Å². The fourth-order valence-electron chi connectivity index (χ4n) is 2.48. The van der Waals surface area contributed by atoms with E-state index in [-0.39, 0.29) is 0 Å². The quantitative estimate of drug-likeness (QED) is 0.731. The van der Waals surface area contributed by atoms with E-state index in [4.69, 9.17) is 4.74 Å². The van der Waals surface area contributed by atoms with Gasteiger partial charge in [0.15, 0.2) is 0 Å². The molecule has 0 saturated carbocycles. The SMILES string of the molecule is C1=CN2C(=COC1)/C=C\Cc1nccc3ncnc2c13. The summed E-state index contributed by atoms with van der Waals surface area (Å²) in [5.74, 6) is 0.843. The molecule has 4 heterocycles. The van der Waals surface area contributed by atoms with E-state index in [9.17, 15) is 0 Å². The molecule has 4 rings (SSSR count). The van der Waals surface area contributed by atoms with Crippen molar-refractivity contribution in [1.29, 1.82) is 0 Å². The predicted octanol–water partition coefficient (Wildman–Crippen LogP) is 2.33. The van der Waals surface area contributed by atoms with Crippen molar-refractivity contribution in [2.24, 2.45) is 0 Å². The van der Waals surface area contributed by atoms with Crippen molar-refractivity contribution in [1.82, 2.24) is 15.0 Å². The van der Waals surface area contributed by atoms with E-state index in [1.807, 2.05) is 29.3 Å². The minimum atomic E-state index is 0.558. The normalized spacial score (nSPS) is 18.4. The molecule has 2 aromatic heterocycles. The monoisotopic (exact) mass is 264 g/mol. The van der Waals surface area contributed by atoms with Crippen LogP contribution in [0.3, 0.4) is 0 Å². The topological polar surface area (TPSA) is 51.1 Å². The fourth-order valence-corrected chi connectivity index (χ4v) is 2.48. The zero-order valence-corrected chi connectivity index (χ0v) is 10.7. The minimum Gasteiger partial charge on any atom is -0.495 e. The van der Waals surface area contributed by atoms with Crippen LogP contribution in [0.1, 0.15) is 5.69 Å². The highest BCUT2D eigenvalue weighted by Gasteiger charge is 2.19. The van der Waals surface area contributed by atoms with E-state index >= 15 is 0 Å². The van der Waals surface area contributed by atoms with Gasteiger partial charge in [0.2, 0.25) is 0 Å². The van der Waals surface area contributed by atoms with Gasteiger partial charge in [0, 0.05) is 18.8 Å². The summed E-state index contributed by atoms with van der Waals surface area (Å²) >= 11 is 0. The first-order chi connectivity index (χ1) is 9.93. The van der Waals surface area contributed by atoms with Gasteiger partial charge in [-0.05, 0) is 18.2 Å². The number of rotatable bonds is 0. The molecule has 0 aromatic carbocycles. The Morgan fingerprint density at radius 1 is 1.15 bits per heavy atom. The van der Waals surface area contributed by atoms with Crippen molar-refractivity contribution in [2.75, 3.05) is 11.5 Å². The third kappa shape index (κ3) is 1.67. The Balaban J connectivity index is 2.06. The summed E-state index contributed by atoms with van der Waals surface area (Å²) < 4.78 is 5.44. The van der Waals surface area contributed by atoms with E-state index in [1.165, 1.54) is 0 Å². The molecule has 0 radical (unpaired) electrons. The van der Waals surface area contributed by atoms with Crippen LogP contribution in [0, 0.1) is 0 Å². The zero-order valence-electron chi connectivity index (χ0n) is 10.7. The lowest BCUT2D eigenvalue weighted by atomic mass is 10.1. The molecule has 0 atom stereocenters. The largest absolute Gasteiger partial charge is 0.495 e. The van der Waals surface area contributed by atoms with Crippen molar-refractivity contribution in [3.63, 3.8) is 0 Å². The number of pyridine rings is 1. The summed E-state index contributed by atoms with van der Waals surface area (Å²) in [4.78, 5) is 15.3. The molecule has 2 aliphatic heterocycles. The lowest BCUT2D eigenvalue weighted by molar-refractivity contribution is 0.289. The maximum absolute atomic E-state index is 5.44. The van der Waals surface area contributed by atoms with E-state index < -0.39 is 0 Å². The van der Waals surface area contributed by atoms with Gasteiger partial charge in [0.1, 0.15) is 25.0 Å². The number of hydrogen-bond acceptors (Lipinski definition) is 5. The molecule has 20 heavy (non-hydrogen) atoms. The summed E-state index contributed by atoms with van der Waals surface area (Å²) in [6.45, 7) is 0.558. The Kier molecular flexibility index (Phi) is 2.48. The molecule has 0 saturated heterocycles. The van der Waals surface area contributed by atoms with Crippen molar-refractivity contribution in [3.8, 4) is 0 Å². The maximum atomic E-state index is 5.44. The summed E-state index contributed by atoms with van der Waals surface area (Å²) in [7, 11) is 0. The zero-order chi connectivity index (χ0) is 13.4. The van der Waals surface area contributed by atoms with Gasteiger partial charge in [-0.3, -0.25) is 9.88 Å². The molecule has 0 bridgehead atoms. The van der Waals surface area contributed by atoms with Crippen molar-refractivity contribution >= 4 is 16.7 Å². The van der Waals surface area contributed by atoms with Crippen LogP contribution < -0.4 is 4.90 Å². The van der Waals surface area contributed by atoms with Crippen LogP contribution in [-0.4, -0.2) is 21.6 Å². The number of hydrogen-bond donors (Lipinski definition) is 0. The molecule has 0 N–H and O–H groups in total. The molecule has 0 amide bonds. The van der Waals surface area contributed by atoms with Crippen LogP contribution in [0.5, 0.6) is 0 Å². The van der Waals surface area contributed by atoms with E-state index in [0.29, 0.717) is 6.61 Å². The van der Waals surface area contributed by atoms with Gasteiger partial charge in [-0.15, -0.1) is 0 Å². The second-order valence-electron chi connectivity index (χ2n) is 4.59. The Morgan fingerprint density at radius 2 is 2.15 bits per heavy atom. The fraction of sp³-hybridized carbons (Fsp3) is 0.133. The minimum absolute atomic E-state index is 0.558. The molecule has 98 valence electrons. The standard InChI is InChI=1S/C15H12N4O/c1-3-11-9-20-8-2-7-19(11)15-14-12(4-1)16-6-5-13(14)17-10-18-15/h1-3,5-7,9-10H,4,8H2/b3-1-. The van der Waals surface area contributed by atoms with Gasteiger partial charge < -0.3 is 4.74 Å². The summed E-state index contributed by atoms with van der Waals surface area (Å²) in [5, 5.41) is 0.997. The number of ether oxygens (including phenoxy) is 1. The highest BCUT2D eigenvalue weighted by Crippen LogP contribution is 2.31. The Morgan fingerprint density at radius 3 is 3.15 bits per heavy atom. The molecule has 2 aliphatic rings. The van der Waals surface area contributed by atoms with Crippen molar-refractivity contribution in [2.45, 2.75) is 6.42 Å². The maximum Gasteiger partial charge on any atom is 0.150 e. The first kappa shape index (κ1) is 11.2. The number of anilines is 1. The lowest BCUT2D eigenvalue weighted by Crippen LogP contribution is -2.17. The number of fused-ring (bicyclic) bond motifs is 2. The van der Waals surface area contributed by atoms with Gasteiger partial charge in [-0.1, -0.05) is 6.08 Å². The van der Waals surface area contributed by atoms with Crippen LogP contribution in [0.2, 0.25) is 0 Å². The Labute approximate surface area is 115 Å². The molecule has 0 unspecified atom stereocenters. The number of nitrogens with zero attached hydrogens (tertiary/aromatic N) is 4. The smallest absolute Gasteiger partial charge is 0.150 e. The molecular weight excluding hydrogens is 252 g/mol. The average Bonchev–Trinajstić information content (AvgIpc) is 2.70. The first-order valence-electron chi connectivity index (χ1n) is 6.46. The summed E-state index contributed by atoms with van der Waals surface area (Å²) in [6.07, 6.45) is 13.9. The third-order valence-corrected chi connectivity index (χ3v) is 3.37. The van der Waals surface area contributed by atoms with Crippen molar-refractivity contribution < 1.29 is 4.74 Å². The first-order valence-corrected chi connectivity index (χ1v) is 6.46. The van der Waals surface area contributed by atoms with Crippen LogP contribution in [-0.2, 0) is 11.2 Å². The van der Waals surface area contributed by atoms with Crippen molar-refractivity contribution in [3.05, 3.63) is 60.7 Å². The predicted molar refractivity (Wildman–Crippen MR) is 75.8 cm³/mol. The molecule has 0 fully saturated rings. The molecule has 5 nitrogen and oxygen atoms in total. The summed E-state index contributed by atoms with van der Waals surface area (Å²) in [5.41, 5.74) is 2.86. The highest BCUT2D eigenvalue weighted by atomic mass is 16.5. The third-order valence-electron chi connectivity index (χ3n) is 3.37. The highest BCUT2D eigenvalue weighted by molar-refractivity contribution is 5.93. The summed E-state index contributed by atoms with van der Waals surface area (Å²) in [6, 6.07) is 1.91. The molecule has 5 heteroatoms. The van der Waals surface area contributed by atoms with E-state index in [1.54, 1.807) is 18.8 Å². The molecular formula is C15H12N4O. The van der Waals surface area contributed by atoms with Gasteiger partial charge in [0.05, 0.1) is 22.3 Å². The Hall–Kier alpha value is -2.69. The molecule has 0 spiro atoms. The average molecular weight is 264 g/mol. The number of allylic oxidation sites excluding steroid dienone is 2. The van der Waals surface area contributed by atoms with Gasteiger partial charge in [0.25, 0.3) is 0 Å². The van der Waals surface area contributed by atoms with Gasteiger partial charge in [-0.25, -0.2) is 9.97 Å². The Bertz CT molecular complexity index is 758. The van der Waals surface area contributed by atoms with Gasteiger partial charge >= 0.3 is 0 Å². The molecule has 2 aromatic rings. The molecule has 0 aliphatic carbocycles. The number of aromatic nitrogens is 3. The van der Waals surface area contributed by atoms with Crippen LogP contribution >= 0.6 is 0 Å². The van der Waals surface area contributed by atoms with Crippen LogP contribution in [0.15, 0.2) is 55.0 Å². The second kappa shape index (κ2) is 4.45. The van der Waals surface area contributed by atoms with Crippen LogP contribution in [0.25, 0.3) is 10.9 Å². The van der Waals surface area contributed by atoms with Crippen LogP contribution in [0.4, 0.5) is 5.82 Å². The second-order valence-corrected chi connectivity index (χ2v) is 4.59. The lowest BCUT2D eigenvalue weighted by Gasteiger charge is -2.22. The van der Waals surface area contributed by atoms with E-state index in [2.05, 4.69) is 21.0 Å².